The van der Waals surface area contributed by atoms with E-state index in [0.717, 1.165) is 15.1 Å². The lowest BCUT2D eigenvalue weighted by Gasteiger charge is -2.23. The highest BCUT2D eigenvalue weighted by molar-refractivity contribution is 9.10. The van der Waals surface area contributed by atoms with Crippen molar-refractivity contribution in [1.82, 2.24) is 5.43 Å². The van der Waals surface area contributed by atoms with E-state index in [1.807, 2.05) is 24.3 Å². The number of phenols is 1. The van der Waals surface area contributed by atoms with Gasteiger partial charge in [0.2, 0.25) is 0 Å². The van der Waals surface area contributed by atoms with Crippen LogP contribution in [0.5, 0.6) is 5.75 Å². The molecule has 4 aromatic carbocycles. The molecule has 0 atom stereocenters. The number of hydrogen-bond donors (Lipinski definition) is 2. The van der Waals surface area contributed by atoms with Gasteiger partial charge in [-0.25, -0.2) is 13.8 Å². The predicted octanol–water partition coefficient (Wildman–Crippen LogP) is 4.65. The van der Waals surface area contributed by atoms with Crippen LogP contribution in [0.1, 0.15) is 5.56 Å². The van der Waals surface area contributed by atoms with E-state index < -0.39 is 22.5 Å². The number of amides is 1. The van der Waals surface area contributed by atoms with Gasteiger partial charge in [-0.1, -0.05) is 70.5 Å². The Morgan fingerprint density at radius 1 is 0.971 bits per heavy atom. The molecule has 0 aliphatic carbocycles. The van der Waals surface area contributed by atoms with E-state index >= 15 is 0 Å². The minimum Gasteiger partial charge on any atom is -0.507 e. The number of nitrogens with one attached hydrogen (secondary N) is 1. The third-order valence-corrected chi connectivity index (χ3v) is 7.33. The summed E-state index contributed by atoms with van der Waals surface area (Å²) in [6.07, 6.45) is 1.34. The first-order valence-electron chi connectivity index (χ1n) is 10.2. The van der Waals surface area contributed by atoms with Gasteiger partial charge in [0.05, 0.1) is 16.8 Å². The molecule has 4 aromatic rings. The first-order chi connectivity index (χ1) is 16.4. The lowest BCUT2D eigenvalue weighted by Crippen LogP contribution is -2.39. The summed E-state index contributed by atoms with van der Waals surface area (Å²) in [7, 11) is -4.02. The molecule has 0 fully saturated rings. The number of hydrazone groups is 1. The Balaban J connectivity index is 1.59. The standard InChI is InChI=1S/C25H20BrN3O4S/c26-19-8-6-9-20(15-19)29(34(32,33)21-10-2-1-3-11-21)17-25(31)28-27-16-23-22-12-5-4-7-18(22)13-14-24(23)30/h1-16,30H,17H2,(H,28,31)/b27-16+. The van der Waals surface area contributed by atoms with E-state index in [4.69, 9.17) is 0 Å². The van der Waals surface area contributed by atoms with Crippen LogP contribution in [-0.2, 0) is 14.8 Å². The van der Waals surface area contributed by atoms with Gasteiger partial charge in [0.15, 0.2) is 0 Å². The molecule has 0 unspecified atom stereocenters. The van der Waals surface area contributed by atoms with Gasteiger partial charge in [-0.3, -0.25) is 9.10 Å². The second kappa shape index (κ2) is 10.1. The van der Waals surface area contributed by atoms with E-state index in [1.54, 1.807) is 54.6 Å². The van der Waals surface area contributed by atoms with Gasteiger partial charge in [0.25, 0.3) is 15.9 Å². The summed E-state index contributed by atoms with van der Waals surface area (Å²) in [5.41, 5.74) is 3.13. The van der Waals surface area contributed by atoms with E-state index in [1.165, 1.54) is 18.3 Å². The zero-order valence-corrected chi connectivity index (χ0v) is 20.2. The fraction of sp³-hybridized carbons (Fsp3) is 0.0400. The summed E-state index contributed by atoms with van der Waals surface area (Å²) in [6.45, 7) is -0.494. The Hall–Kier alpha value is -3.69. The predicted molar refractivity (Wildman–Crippen MR) is 136 cm³/mol. The highest BCUT2D eigenvalue weighted by atomic mass is 79.9. The van der Waals surface area contributed by atoms with Crippen molar-refractivity contribution in [2.45, 2.75) is 4.90 Å². The van der Waals surface area contributed by atoms with Crippen LogP contribution in [-0.4, -0.2) is 32.2 Å². The molecule has 0 aliphatic heterocycles. The zero-order valence-electron chi connectivity index (χ0n) is 17.8. The number of benzene rings is 4. The van der Waals surface area contributed by atoms with Crippen molar-refractivity contribution in [1.29, 1.82) is 0 Å². The van der Waals surface area contributed by atoms with Crippen molar-refractivity contribution in [2.75, 3.05) is 10.8 Å². The second-order valence-electron chi connectivity index (χ2n) is 7.32. The molecule has 9 heteroatoms. The highest BCUT2D eigenvalue weighted by Gasteiger charge is 2.27. The first-order valence-corrected chi connectivity index (χ1v) is 12.5. The van der Waals surface area contributed by atoms with Crippen molar-refractivity contribution in [2.24, 2.45) is 5.10 Å². The van der Waals surface area contributed by atoms with Crippen molar-refractivity contribution >= 4 is 54.5 Å². The number of rotatable bonds is 7. The molecule has 4 rings (SSSR count). The van der Waals surface area contributed by atoms with Crippen molar-refractivity contribution < 1.29 is 18.3 Å². The van der Waals surface area contributed by atoms with Crippen LogP contribution in [0.2, 0.25) is 0 Å². The maximum absolute atomic E-state index is 13.3. The van der Waals surface area contributed by atoms with Gasteiger partial charge in [-0.2, -0.15) is 5.10 Å². The number of phenolic OH excluding ortho intramolecular Hbond substituents is 1. The molecule has 0 aromatic heterocycles. The van der Waals surface area contributed by atoms with Gasteiger partial charge in [0.1, 0.15) is 12.3 Å². The van der Waals surface area contributed by atoms with E-state index in [9.17, 15) is 18.3 Å². The molecule has 0 saturated carbocycles. The molecular formula is C25H20BrN3O4S. The van der Waals surface area contributed by atoms with Gasteiger partial charge >= 0.3 is 0 Å². The molecule has 34 heavy (non-hydrogen) atoms. The van der Waals surface area contributed by atoms with Crippen molar-refractivity contribution in [3.8, 4) is 5.75 Å². The smallest absolute Gasteiger partial charge is 0.264 e. The average molecular weight is 538 g/mol. The monoisotopic (exact) mass is 537 g/mol. The minimum atomic E-state index is -4.02. The Morgan fingerprint density at radius 2 is 1.71 bits per heavy atom. The Morgan fingerprint density at radius 3 is 2.47 bits per heavy atom. The molecule has 1 amide bonds. The Bertz CT molecular complexity index is 1470. The van der Waals surface area contributed by atoms with Crippen LogP contribution in [0.3, 0.4) is 0 Å². The maximum atomic E-state index is 13.3. The van der Waals surface area contributed by atoms with Crippen molar-refractivity contribution in [3.05, 3.63) is 101 Å². The molecule has 0 radical (unpaired) electrons. The van der Waals surface area contributed by atoms with Crippen LogP contribution in [0, 0.1) is 0 Å². The van der Waals surface area contributed by atoms with Crippen LogP contribution in [0.25, 0.3) is 10.8 Å². The normalized spacial score (nSPS) is 11.6. The SMILES string of the molecule is O=C(CN(c1cccc(Br)c1)S(=O)(=O)c1ccccc1)N/N=C/c1c(O)ccc2ccccc12. The number of hydrogen-bond acceptors (Lipinski definition) is 5. The zero-order chi connectivity index (χ0) is 24.1. The molecule has 0 heterocycles. The third-order valence-electron chi connectivity index (χ3n) is 5.05. The summed E-state index contributed by atoms with van der Waals surface area (Å²) in [5, 5.41) is 15.9. The fourth-order valence-corrected chi connectivity index (χ4v) is 5.24. The number of sulfonamides is 1. The van der Waals surface area contributed by atoms with Crippen LogP contribution in [0.4, 0.5) is 5.69 Å². The maximum Gasteiger partial charge on any atom is 0.264 e. The second-order valence-corrected chi connectivity index (χ2v) is 10.1. The van der Waals surface area contributed by atoms with E-state index in [0.29, 0.717) is 15.7 Å². The summed E-state index contributed by atoms with van der Waals surface area (Å²) in [6, 6.07) is 25.3. The fourth-order valence-electron chi connectivity index (χ4n) is 3.42. The summed E-state index contributed by atoms with van der Waals surface area (Å²) >= 11 is 3.34. The molecule has 0 aliphatic rings. The van der Waals surface area contributed by atoms with Crippen LogP contribution >= 0.6 is 15.9 Å². The number of fused-ring (bicyclic) bond motifs is 1. The van der Waals surface area contributed by atoms with Gasteiger partial charge in [-0.05, 0) is 47.2 Å². The first kappa shape index (κ1) is 23.5. The lowest BCUT2D eigenvalue weighted by molar-refractivity contribution is -0.119. The van der Waals surface area contributed by atoms with Gasteiger partial charge in [0, 0.05) is 10.0 Å². The van der Waals surface area contributed by atoms with Crippen molar-refractivity contribution in [3.63, 3.8) is 0 Å². The number of anilines is 1. The number of carbonyl (C=O) groups is 1. The Kier molecular flexibility index (Phi) is 6.95. The van der Waals surface area contributed by atoms with Gasteiger partial charge < -0.3 is 5.11 Å². The number of carbonyl (C=O) groups excluding carboxylic acids is 1. The van der Waals surface area contributed by atoms with E-state index in [2.05, 4.69) is 26.5 Å². The third kappa shape index (κ3) is 5.11. The molecule has 7 nitrogen and oxygen atoms in total. The quantitative estimate of drug-likeness (QED) is 0.264. The molecule has 172 valence electrons. The molecule has 0 saturated heterocycles. The summed E-state index contributed by atoms with van der Waals surface area (Å²) in [5.74, 6) is -0.630. The van der Waals surface area contributed by atoms with Crippen LogP contribution < -0.4 is 9.73 Å². The number of halogens is 1. The minimum absolute atomic E-state index is 0.0131. The highest BCUT2D eigenvalue weighted by Crippen LogP contribution is 2.27. The topological polar surface area (TPSA) is 99.1 Å². The van der Waals surface area contributed by atoms with Gasteiger partial charge in [-0.15, -0.1) is 0 Å². The number of nitrogens with zero attached hydrogens (tertiary/aromatic N) is 2. The molecule has 0 spiro atoms. The lowest BCUT2D eigenvalue weighted by atomic mass is 10.0. The van der Waals surface area contributed by atoms with Crippen LogP contribution in [0.15, 0.2) is 105 Å². The summed E-state index contributed by atoms with van der Waals surface area (Å²) in [4.78, 5) is 12.8. The number of aromatic hydroxyl groups is 1. The molecule has 2 N–H and O–H groups in total. The average Bonchev–Trinajstić information content (AvgIpc) is 2.84. The van der Waals surface area contributed by atoms with E-state index in [-0.39, 0.29) is 10.6 Å². The Labute approximate surface area is 205 Å². The molecule has 0 bridgehead atoms. The molecular weight excluding hydrogens is 518 g/mol. The summed E-state index contributed by atoms with van der Waals surface area (Å²) < 4.78 is 28.3. The largest absolute Gasteiger partial charge is 0.507 e.